The third kappa shape index (κ3) is 4.71. The first-order chi connectivity index (χ1) is 15.4. The smallest absolute Gasteiger partial charge is 0.124 e. The molecule has 3 N–H and O–H groups in total. The fraction of sp³-hybridized carbons (Fsp3) is 0.308. The van der Waals surface area contributed by atoms with E-state index in [4.69, 9.17) is 0 Å². The number of aliphatic hydroxyl groups is 1. The van der Waals surface area contributed by atoms with Crippen LogP contribution in [0.2, 0.25) is 0 Å². The number of para-hydroxylation sites is 1. The number of hydrogen-bond acceptors (Lipinski definition) is 5. The van der Waals surface area contributed by atoms with Crippen molar-refractivity contribution in [2.45, 2.75) is 37.5 Å². The molecule has 1 aliphatic rings. The lowest BCUT2D eigenvalue weighted by atomic mass is 9.92. The molecule has 5 nitrogen and oxygen atoms in total. The quantitative estimate of drug-likeness (QED) is 0.489. The second-order valence-corrected chi connectivity index (χ2v) is 8.46. The summed E-state index contributed by atoms with van der Waals surface area (Å²) in [6, 6.07) is 20.8. The Kier molecular flexibility index (Phi) is 6.63. The Morgan fingerprint density at radius 1 is 1.00 bits per heavy atom. The third-order valence-corrected chi connectivity index (χ3v) is 6.29. The van der Waals surface area contributed by atoms with Crippen LogP contribution in [0, 0.1) is 5.82 Å². The second-order valence-electron chi connectivity index (χ2n) is 8.46. The van der Waals surface area contributed by atoms with Gasteiger partial charge in [0.2, 0.25) is 0 Å². The van der Waals surface area contributed by atoms with Crippen molar-refractivity contribution in [2.24, 2.45) is 0 Å². The van der Waals surface area contributed by atoms with E-state index in [-0.39, 0.29) is 29.4 Å². The lowest BCUT2D eigenvalue weighted by Gasteiger charge is -2.30. The van der Waals surface area contributed by atoms with E-state index in [9.17, 15) is 19.7 Å². The average Bonchev–Trinajstić information content (AvgIpc) is 3.11. The molecular formula is C26H29FN2O3. The standard InChI is InChI=1S/C26H29FN2O3/c1-28-17-29(20-6-3-2-4-7-20)26(22-15-14-21(30)16-25(22)32)23(28)8-5-9-24(31)18-10-12-19(27)13-11-18/h2-4,6-7,10-16,23-24,26,30-32H,5,8-9,17H2,1H3. The van der Waals surface area contributed by atoms with Gasteiger partial charge in [-0.1, -0.05) is 30.3 Å². The highest BCUT2D eigenvalue weighted by molar-refractivity contribution is 5.53. The van der Waals surface area contributed by atoms with Crippen molar-refractivity contribution in [1.29, 1.82) is 0 Å². The van der Waals surface area contributed by atoms with E-state index in [1.54, 1.807) is 24.3 Å². The summed E-state index contributed by atoms with van der Waals surface area (Å²) in [5, 5.41) is 30.9. The van der Waals surface area contributed by atoms with Crippen molar-refractivity contribution in [3.63, 3.8) is 0 Å². The minimum atomic E-state index is -0.645. The number of nitrogens with zero attached hydrogens (tertiary/aromatic N) is 2. The molecule has 3 aromatic rings. The van der Waals surface area contributed by atoms with Crippen molar-refractivity contribution in [3.05, 3.63) is 89.7 Å². The Hall–Kier alpha value is -3.09. The van der Waals surface area contributed by atoms with Gasteiger partial charge in [0.1, 0.15) is 17.3 Å². The zero-order valence-corrected chi connectivity index (χ0v) is 18.1. The van der Waals surface area contributed by atoms with Crippen LogP contribution in [0.15, 0.2) is 72.8 Å². The Labute approximate surface area is 188 Å². The van der Waals surface area contributed by atoms with E-state index in [2.05, 4.69) is 29.0 Å². The molecule has 168 valence electrons. The summed E-state index contributed by atoms with van der Waals surface area (Å²) >= 11 is 0. The fourth-order valence-electron chi connectivity index (χ4n) is 4.65. The maximum atomic E-state index is 13.2. The highest BCUT2D eigenvalue weighted by atomic mass is 19.1. The number of aromatic hydroxyl groups is 2. The summed E-state index contributed by atoms with van der Waals surface area (Å²) in [4.78, 5) is 4.52. The number of rotatable bonds is 7. The molecule has 0 aromatic heterocycles. The highest BCUT2D eigenvalue weighted by Crippen LogP contribution is 2.43. The van der Waals surface area contributed by atoms with Crippen LogP contribution in [0.3, 0.4) is 0 Å². The number of benzene rings is 3. The molecule has 0 amide bonds. The van der Waals surface area contributed by atoms with Crippen LogP contribution in [0.5, 0.6) is 11.5 Å². The lowest BCUT2D eigenvalue weighted by Crippen LogP contribution is -2.29. The molecule has 3 atom stereocenters. The summed E-state index contributed by atoms with van der Waals surface area (Å²) in [7, 11) is 2.06. The minimum Gasteiger partial charge on any atom is -0.508 e. The summed E-state index contributed by atoms with van der Waals surface area (Å²) in [6.07, 6.45) is 1.50. The number of likely N-dealkylation sites (N-methyl/N-ethyl adjacent to an activating group) is 1. The first-order valence-corrected chi connectivity index (χ1v) is 10.9. The van der Waals surface area contributed by atoms with Crippen molar-refractivity contribution in [2.75, 3.05) is 18.6 Å². The summed E-state index contributed by atoms with van der Waals surface area (Å²) in [5.74, 6) is -0.212. The monoisotopic (exact) mass is 436 g/mol. The van der Waals surface area contributed by atoms with E-state index in [1.165, 1.54) is 18.2 Å². The van der Waals surface area contributed by atoms with Gasteiger partial charge < -0.3 is 20.2 Å². The van der Waals surface area contributed by atoms with Gasteiger partial charge in [-0.05, 0) is 68.3 Å². The molecule has 1 aliphatic heterocycles. The molecule has 3 unspecified atom stereocenters. The van der Waals surface area contributed by atoms with E-state index in [0.29, 0.717) is 18.7 Å². The number of aliphatic hydroxyl groups excluding tert-OH is 1. The molecule has 3 aromatic carbocycles. The van der Waals surface area contributed by atoms with Gasteiger partial charge >= 0.3 is 0 Å². The van der Waals surface area contributed by atoms with Crippen LogP contribution in [0.4, 0.5) is 10.1 Å². The van der Waals surface area contributed by atoms with Crippen LogP contribution < -0.4 is 4.90 Å². The van der Waals surface area contributed by atoms with Gasteiger partial charge in [0, 0.05) is 23.4 Å². The van der Waals surface area contributed by atoms with Crippen LogP contribution in [0.1, 0.15) is 42.5 Å². The molecule has 4 rings (SSSR count). The van der Waals surface area contributed by atoms with Crippen molar-refractivity contribution >= 4 is 5.69 Å². The normalized spacial score (nSPS) is 19.9. The fourth-order valence-corrected chi connectivity index (χ4v) is 4.65. The Morgan fingerprint density at radius 3 is 2.41 bits per heavy atom. The Morgan fingerprint density at radius 2 is 1.72 bits per heavy atom. The maximum absolute atomic E-state index is 13.2. The molecule has 6 heteroatoms. The number of hydrogen-bond donors (Lipinski definition) is 3. The van der Waals surface area contributed by atoms with Crippen LogP contribution in [0.25, 0.3) is 0 Å². The zero-order chi connectivity index (χ0) is 22.7. The molecule has 0 bridgehead atoms. The Balaban J connectivity index is 1.54. The molecule has 0 saturated carbocycles. The summed E-state index contributed by atoms with van der Waals surface area (Å²) in [6.45, 7) is 0.695. The van der Waals surface area contributed by atoms with Gasteiger partial charge in [0.15, 0.2) is 0 Å². The molecule has 1 saturated heterocycles. The van der Waals surface area contributed by atoms with Crippen LogP contribution >= 0.6 is 0 Å². The first-order valence-electron chi connectivity index (χ1n) is 10.9. The number of anilines is 1. The summed E-state index contributed by atoms with van der Waals surface area (Å²) < 4.78 is 13.2. The van der Waals surface area contributed by atoms with E-state index < -0.39 is 6.10 Å². The van der Waals surface area contributed by atoms with Gasteiger partial charge in [-0.15, -0.1) is 0 Å². The maximum Gasteiger partial charge on any atom is 0.124 e. The van der Waals surface area contributed by atoms with Gasteiger partial charge in [-0.25, -0.2) is 4.39 Å². The van der Waals surface area contributed by atoms with Gasteiger partial charge in [-0.2, -0.15) is 0 Å². The molecule has 1 fully saturated rings. The van der Waals surface area contributed by atoms with E-state index in [1.807, 2.05) is 18.2 Å². The number of phenols is 2. The van der Waals surface area contributed by atoms with E-state index >= 15 is 0 Å². The third-order valence-electron chi connectivity index (χ3n) is 6.29. The van der Waals surface area contributed by atoms with Crippen LogP contribution in [-0.4, -0.2) is 40.0 Å². The average molecular weight is 437 g/mol. The lowest BCUT2D eigenvalue weighted by molar-refractivity contribution is 0.157. The topological polar surface area (TPSA) is 67.2 Å². The predicted octanol–water partition coefficient (Wildman–Crippen LogP) is 4.96. The second kappa shape index (κ2) is 9.59. The SMILES string of the molecule is CN1CN(c2ccccc2)C(c2ccc(O)cc2O)C1CCCC(O)c1ccc(F)cc1. The highest BCUT2D eigenvalue weighted by Gasteiger charge is 2.40. The van der Waals surface area contributed by atoms with Crippen molar-refractivity contribution in [1.82, 2.24) is 4.90 Å². The molecule has 32 heavy (non-hydrogen) atoms. The molecule has 0 spiro atoms. The number of halogens is 1. The number of phenolic OH excluding ortho intramolecular Hbond substituents is 2. The van der Waals surface area contributed by atoms with Gasteiger partial charge in [0.25, 0.3) is 0 Å². The van der Waals surface area contributed by atoms with Gasteiger partial charge in [0.05, 0.1) is 18.8 Å². The van der Waals surface area contributed by atoms with Crippen LogP contribution in [-0.2, 0) is 0 Å². The molecular weight excluding hydrogens is 407 g/mol. The summed E-state index contributed by atoms with van der Waals surface area (Å²) in [5.41, 5.74) is 2.54. The zero-order valence-electron chi connectivity index (χ0n) is 18.1. The minimum absolute atomic E-state index is 0.0304. The van der Waals surface area contributed by atoms with E-state index in [0.717, 1.165) is 24.1 Å². The largest absolute Gasteiger partial charge is 0.508 e. The molecule has 0 aliphatic carbocycles. The van der Waals surface area contributed by atoms with Gasteiger partial charge in [-0.3, -0.25) is 4.90 Å². The first kappa shape index (κ1) is 22.1. The van der Waals surface area contributed by atoms with Crippen molar-refractivity contribution < 1.29 is 19.7 Å². The van der Waals surface area contributed by atoms with Crippen molar-refractivity contribution in [3.8, 4) is 11.5 Å². The Bertz CT molecular complexity index is 1030. The molecule has 0 radical (unpaired) electrons. The molecule has 1 heterocycles. The predicted molar refractivity (Wildman–Crippen MR) is 123 cm³/mol.